The number of hydrogen-bond acceptors (Lipinski definition) is 5. The second-order valence-electron chi connectivity index (χ2n) is 10.6. The number of amides is 2. The summed E-state index contributed by atoms with van der Waals surface area (Å²) < 4.78 is 34.2. The Hall–Kier alpha value is -3.85. The fraction of sp³-hybridized carbons (Fsp3) is 0.375. The average molecular weight is 578 g/mol. The van der Waals surface area contributed by atoms with E-state index in [0.29, 0.717) is 11.4 Å². The lowest BCUT2D eigenvalue weighted by Crippen LogP contribution is -2.53. The molecule has 1 aliphatic carbocycles. The largest absolute Gasteiger partial charge is 0.497 e. The van der Waals surface area contributed by atoms with Crippen LogP contribution in [-0.2, 0) is 26.2 Å². The molecule has 0 saturated heterocycles. The summed E-state index contributed by atoms with van der Waals surface area (Å²) >= 11 is 0. The van der Waals surface area contributed by atoms with Gasteiger partial charge < -0.3 is 15.0 Å². The smallest absolute Gasteiger partial charge is 0.264 e. The molecule has 0 radical (unpaired) electrons. The van der Waals surface area contributed by atoms with Crippen LogP contribution < -0.4 is 14.4 Å². The van der Waals surface area contributed by atoms with Gasteiger partial charge in [0, 0.05) is 12.6 Å². The summed E-state index contributed by atoms with van der Waals surface area (Å²) in [6.07, 6.45) is 5.12. The maximum Gasteiger partial charge on any atom is 0.264 e. The first kappa shape index (κ1) is 30.1. The molecule has 0 aromatic heterocycles. The number of sulfonamides is 1. The summed E-state index contributed by atoms with van der Waals surface area (Å²) in [7, 11) is -2.52. The van der Waals surface area contributed by atoms with Gasteiger partial charge in [-0.1, -0.05) is 61.7 Å². The van der Waals surface area contributed by atoms with Gasteiger partial charge in [0.15, 0.2) is 0 Å². The molecule has 1 unspecified atom stereocenters. The number of methoxy groups -OCH3 is 1. The second-order valence-corrected chi connectivity index (χ2v) is 12.4. The van der Waals surface area contributed by atoms with Gasteiger partial charge in [0.1, 0.15) is 18.3 Å². The lowest BCUT2D eigenvalue weighted by molar-refractivity contribution is -0.139. The highest BCUT2D eigenvalue weighted by Crippen LogP contribution is 2.26. The van der Waals surface area contributed by atoms with Crippen LogP contribution in [0.4, 0.5) is 5.69 Å². The number of anilines is 1. The monoisotopic (exact) mass is 577 g/mol. The minimum absolute atomic E-state index is 0.0784. The number of hydrogen-bond donors (Lipinski definition) is 1. The summed E-state index contributed by atoms with van der Waals surface area (Å²) in [5, 5.41) is 3.12. The van der Waals surface area contributed by atoms with E-state index in [1.54, 1.807) is 56.5 Å². The molecule has 0 bridgehead atoms. The molecule has 1 aliphatic rings. The highest BCUT2D eigenvalue weighted by atomic mass is 32.2. The zero-order chi connectivity index (χ0) is 29.4. The molecule has 1 atom stereocenters. The second kappa shape index (κ2) is 13.7. The lowest BCUT2D eigenvalue weighted by Gasteiger charge is -2.33. The van der Waals surface area contributed by atoms with Crippen LogP contribution >= 0.6 is 0 Å². The zero-order valence-electron chi connectivity index (χ0n) is 24.0. The first-order chi connectivity index (χ1) is 19.7. The lowest BCUT2D eigenvalue weighted by atomic mass is 9.95. The quantitative estimate of drug-likeness (QED) is 0.344. The van der Waals surface area contributed by atoms with Crippen molar-refractivity contribution >= 4 is 27.5 Å². The van der Waals surface area contributed by atoms with Crippen LogP contribution in [0.1, 0.15) is 50.2 Å². The van der Waals surface area contributed by atoms with Crippen molar-refractivity contribution < 1.29 is 22.7 Å². The van der Waals surface area contributed by atoms with Gasteiger partial charge in [-0.2, -0.15) is 0 Å². The molecule has 4 rings (SSSR count). The minimum Gasteiger partial charge on any atom is -0.497 e. The molecular weight excluding hydrogens is 538 g/mol. The topological polar surface area (TPSA) is 96.0 Å². The van der Waals surface area contributed by atoms with Gasteiger partial charge in [0.25, 0.3) is 10.0 Å². The molecule has 218 valence electrons. The van der Waals surface area contributed by atoms with Gasteiger partial charge in [-0.05, 0) is 74.2 Å². The van der Waals surface area contributed by atoms with E-state index in [9.17, 15) is 18.0 Å². The molecule has 8 nitrogen and oxygen atoms in total. The van der Waals surface area contributed by atoms with Crippen LogP contribution in [0.15, 0.2) is 83.8 Å². The van der Waals surface area contributed by atoms with Crippen LogP contribution in [0.3, 0.4) is 0 Å². The molecule has 2 amide bonds. The molecule has 0 spiro atoms. The number of nitrogens with zero attached hydrogens (tertiary/aromatic N) is 2. The first-order valence-corrected chi connectivity index (χ1v) is 15.5. The van der Waals surface area contributed by atoms with E-state index in [2.05, 4.69) is 5.32 Å². The number of benzene rings is 3. The van der Waals surface area contributed by atoms with Crippen molar-refractivity contribution in [3.8, 4) is 5.75 Å². The van der Waals surface area contributed by atoms with Crippen molar-refractivity contribution in [1.29, 1.82) is 0 Å². The Bertz CT molecular complexity index is 1440. The maximum atomic E-state index is 14.1. The molecule has 9 heteroatoms. The van der Waals surface area contributed by atoms with Crippen LogP contribution in [0.5, 0.6) is 5.75 Å². The van der Waals surface area contributed by atoms with E-state index in [-0.39, 0.29) is 23.4 Å². The van der Waals surface area contributed by atoms with E-state index in [1.807, 2.05) is 31.2 Å². The van der Waals surface area contributed by atoms with E-state index >= 15 is 0 Å². The Kier molecular flexibility index (Phi) is 10.0. The third-order valence-electron chi connectivity index (χ3n) is 7.51. The Morgan fingerprint density at radius 3 is 2.34 bits per heavy atom. The summed E-state index contributed by atoms with van der Waals surface area (Å²) in [6, 6.07) is 21.6. The standard InChI is InChI=1S/C32H39N3O5S/c1-24-12-10-16-28(20-24)35(41(38,39)30-18-8-5-9-19-30)23-31(36)34(22-26-13-11-17-29(21-26)40-3)25(2)32(37)33-27-14-6-4-7-15-27/h5,8-13,16-21,25,27H,4,6-7,14-15,22-23H2,1-3H3,(H,33,37). The number of carbonyl (C=O) groups excluding carboxylic acids is 2. The van der Waals surface area contributed by atoms with Crippen LogP contribution in [0.2, 0.25) is 0 Å². The summed E-state index contributed by atoms with van der Waals surface area (Å²) in [5.74, 6) is -0.108. The molecule has 1 N–H and O–H groups in total. The third kappa shape index (κ3) is 7.67. The summed E-state index contributed by atoms with van der Waals surface area (Å²) in [5.41, 5.74) is 2.00. The molecule has 1 saturated carbocycles. The highest BCUT2D eigenvalue weighted by molar-refractivity contribution is 7.92. The van der Waals surface area contributed by atoms with E-state index in [0.717, 1.165) is 47.5 Å². The molecule has 3 aromatic rings. The minimum atomic E-state index is -4.09. The Morgan fingerprint density at radius 2 is 1.66 bits per heavy atom. The van der Waals surface area contributed by atoms with Crippen molar-refractivity contribution in [2.45, 2.75) is 69.5 Å². The van der Waals surface area contributed by atoms with E-state index < -0.39 is 28.5 Å². The number of rotatable bonds is 11. The van der Waals surface area contributed by atoms with Gasteiger partial charge in [0.2, 0.25) is 11.8 Å². The zero-order valence-corrected chi connectivity index (χ0v) is 24.8. The molecule has 3 aromatic carbocycles. The summed E-state index contributed by atoms with van der Waals surface area (Å²) in [6.45, 7) is 3.21. The van der Waals surface area contributed by atoms with Crippen LogP contribution in [-0.4, -0.2) is 50.9 Å². The van der Waals surface area contributed by atoms with Crippen molar-refractivity contribution in [2.75, 3.05) is 18.0 Å². The number of ether oxygens (including phenoxy) is 1. The van der Waals surface area contributed by atoms with Gasteiger partial charge >= 0.3 is 0 Å². The SMILES string of the molecule is COc1cccc(CN(C(=O)CN(c2cccc(C)c2)S(=O)(=O)c2ccccc2)C(C)C(=O)NC2CCCCC2)c1. The molecular formula is C32H39N3O5S. The molecule has 1 fully saturated rings. The van der Waals surface area contributed by atoms with Crippen molar-refractivity contribution in [3.05, 3.63) is 90.0 Å². The number of aryl methyl sites for hydroxylation is 1. The van der Waals surface area contributed by atoms with Crippen molar-refractivity contribution in [2.24, 2.45) is 0 Å². The number of carbonyl (C=O) groups is 2. The van der Waals surface area contributed by atoms with Crippen LogP contribution in [0.25, 0.3) is 0 Å². The third-order valence-corrected chi connectivity index (χ3v) is 9.29. The van der Waals surface area contributed by atoms with Gasteiger partial charge in [0.05, 0.1) is 17.7 Å². The highest BCUT2D eigenvalue weighted by Gasteiger charge is 2.33. The predicted molar refractivity (Wildman–Crippen MR) is 160 cm³/mol. The fourth-order valence-electron chi connectivity index (χ4n) is 5.15. The Morgan fingerprint density at radius 1 is 0.951 bits per heavy atom. The Balaban J connectivity index is 1.67. The molecule has 0 aliphatic heterocycles. The van der Waals surface area contributed by atoms with Crippen molar-refractivity contribution in [3.63, 3.8) is 0 Å². The van der Waals surface area contributed by atoms with Gasteiger partial charge in [-0.15, -0.1) is 0 Å². The molecule has 41 heavy (non-hydrogen) atoms. The van der Waals surface area contributed by atoms with Crippen molar-refractivity contribution in [1.82, 2.24) is 10.2 Å². The Labute approximate surface area is 243 Å². The maximum absolute atomic E-state index is 14.1. The van der Waals surface area contributed by atoms with E-state index in [4.69, 9.17) is 4.74 Å². The fourth-order valence-corrected chi connectivity index (χ4v) is 6.58. The normalized spacial score (nSPS) is 14.6. The van der Waals surface area contributed by atoms with E-state index in [1.165, 1.54) is 17.0 Å². The molecule has 0 heterocycles. The van der Waals surface area contributed by atoms with Gasteiger partial charge in [-0.3, -0.25) is 13.9 Å². The summed E-state index contributed by atoms with van der Waals surface area (Å²) in [4.78, 5) is 29.1. The first-order valence-electron chi connectivity index (χ1n) is 14.1. The average Bonchev–Trinajstić information content (AvgIpc) is 2.99. The predicted octanol–water partition coefficient (Wildman–Crippen LogP) is 5.07. The number of nitrogens with one attached hydrogen (secondary N) is 1. The van der Waals surface area contributed by atoms with Crippen LogP contribution in [0, 0.1) is 6.92 Å². The van der Waals surface area contributed by atoms with Gasteiger partial charge in [-0.25, -0.2) is 8.42 Å².